The number of nitrogens with zero attached hydrogens (tertiary/aromatic N) is 4. The van der Waals surface area contributed by atoms with E-state index in [1.807, 2.05) is 158 Å². The Morgan fingerprint density at radius 2 is 0.679 bits per heavy atom. The van der Waals surface area contributed by atoms with Crippen LogP contribution in [0.2, 0.25) is 0 Å². The number of rotatable bonds is 18. The van der Waals surface area contributed by atoms with E-state index in [9.17, 15) is 0 Å². The van der Waals surface area contributed by atoms with Gasteiger partial charge in [0.1, 0.15) is 12.4 Å². The third kappa shape index (κ3) is 26.3. The number of pyridine rings is 4. The number of hydrogen-bond donors (Lipinski definition) is 0. The van der Waals surface area contributed by atoms with Crippen LogP contribution in [-0.4, -0.2) is 40.3 Å². The van der Waals surface area contributed by atoms with Gasteiger partial charge in [-0.2, -0.15) is 144 Å². The van der Waals surface area contributed by atoms with Crippen molar-refractivity contribution in [2.24, 2.45) is 0 Å². The number of methoxy groups -OCH3 is 2. The summed E-state index contributed by atoms with van der Waals surface area (Å²) in [5.74, 6) is 0.862. The minimum atomic E-state index is 0. The predicted octanol–water partition coefficient (Wildman–Crippen LogP) is 13.6. The van der Waals surface area contributed by atoms with E-state index in [4.69, 9.17) is 23.9 Å². The van der Waals surface area contributed by atoms with Crippen molar-refractivity contribution in [3.05, 3.63) is 292 Å². The van der Waals surface area contributed by atoms with E-state index in [1.54, 1.807) is 14.2 Å². The monoisotopic (exact) mass is 1570 g/mol. The third-order valence-electron chi connectivity index (χ3n) is 11.8. The zero-order chi connectivity index (χ0) is 51.1. The van der Waals surface area contributed by atoms with Gasteiger partial charge in [-0.1, -0.05) is 61.7 Å². The van der Waals surface area contributed by atoms with Gasteiger partial charge in [0, 0.05) is 116 Å². The normalized spacial score (nSPS) is 11.3. The molecule has 0 aliphatic heterocycles. The van der Waals surface area contributed by atoms with E-state index in [1.165, 1.54) is 37.7 Å². The maximum absolute atomic E-state index is 6.00. The molecule has 1 saturated carbocycles. The summed E-state index contributed by atoms with van der Waals surface area (Å²) in [6.07, 6.45) is 10.1. The number of hydrogen-bond acceptors (Lipinski definition) is 8. The molecule has 1 fully saturated rings. The average molecular weight is 1570 g/mol. The first-order chi connectivity index (χ1) is 36.6. The Balaban J connectivity index is 0.000000271. The molecule has 12 heteroatoms. The van der Waals surface area contributed by atoms with Gasteiger partial charge < -0.3 is 18.9 Å². The summed E-state index contributed by atoms with van der Waals surface area (Å²) in [7, 11) is 3.36. The van der Waals surface area contributed by atoms with Gasteiger partial charge in [-0.05, 0) is 99.2 Å². The minimum absolute atomic E-state index is 0. The van der Waals surface area contributed by atoms with Gasteiger partial charge in [0.25, 0.3) is 0 Å². The fourth-order valence-corrected chi connectivity index (χ4v) is 8.18. The summed E-state index contributed by atoms with van der Waals surface area (Å²) >= 11 is 0. The Hall–Kier alpha value is -5.07. The maximum Gasteiger partial charge on any atom is 0.130 e. The molecule has 10 rings (SSSR count). The van der Waals surface area contributed by atoms with Crippen LogP contribution in [0.3, 0.4) is 0 Å². The first-order valence-electron chi connectivity index (χ1n) is 25.5. The molecule has 0 spiro atoms. The Morgan fingerprint density at radius 3 is 1.01 bits per heavy atom. The van der Waals surface area contributed by atoms with E-state index in [2.05, 4.69) is 81.7 Å². The van der Waals surface area contributed by atoms with Gasteiger partial charge in [0.2, 0.25) is 0 Å². The van der Waals surface area contributed by atoms with Crippen LogP contribution in [0.4, 0.5) is 0 Å². The molecular formula is C66H66Ir2N4O4Rh2-4. The molecule has 4 aromatic heterocycles. The first kappa shape index (κ1) is 67.2. The fraction of sp³-hybridized carbons (Fsp3) is 0.242. The van der Waals surface area contributed by atoms with Crippen molar-refractivity contribution in [2.45, 2.75) is 90.3 Å². The Kier molecular flexibility index (Phi) is 34.6. The van der Waals surface area contributed by atoms with E-state index < -0.39 is 0 Å². The molecule has 78 heavy (non-hydrogen) atoms. The van der Waals surface area contributed by atoms with E-state index in [0.717, 1.165) is 93.7 Å². The molecule has 4 radical (unpaired) electrons. The van der Waals surface area contributed by atoms with Gasteiger partial charge in [-0.3, -0.25) is 19.9 Å². The van der Waals surface area contributed by atoms with Gasteiger partial charge >= 0.3 is 0 Å². The average Bonchev–Trinajstić information content (AvgIpc) is 3.45. The second kappa shape index (κ2) is 40.2. The third-order valence-corrected chi connectivity index (χ3v) is 11.8. The van der Waals surface area contributed by atoms with Crippen molar-refractivity contribution in [3.63, 3.8) is 0 Å². The molecule has 8 nitrogen and oxygen atoms in total. The molecule has 5 aromatic carbocycles. The summed E-state index contributed by atoms with van der Waals surface area (Å²) in [4.78, 5) is 18.4. The summed E-state index contributed by atoms with van der Waals surface area (Å²) in [6.45, 7) is 2.24. The summed E-state index contributed by atoms with van der Waals surface area (Å²) in [5.41, 5.74) is 12.8. The topological polar surface area (TPSA) is 88.5 Å². The van der Waals surface area contributed by atoms with Crippen molar-refractivity contribution >= 4 is 0 Å². The summed E-state index contributed by atoms with van der Waals surface area (Å²) in [5, 5.41) is 0. The van der Waals surface area contributed by atoms with Crippen molar-refractivity contribution in [1.29, 1.82) is 0 Å². The molecule has 0 atom stereocenters. The zero-order valence-electron chi connectivity index (χ0n) is 44.1. The molecule has 414 valence electrons. The molecule has 0 amide bonds. The standard InChI is InChI=1S/C19H22NO.C19H16NO.2C14H14NO.2Ir.2Rh/c2*1-3-8-16(9-4-1)14-17-10-7-11-18(20-17)15-21-19-12-5-2-6-13-19;2*1-16-11-14-9-5-8-13(15-14)10-12-6-3-2-4-7-12;;;;/h1,3-4,7-8,10-11,19H,2,5-6,12-15H2;1-8,10-13H,14-15H2;2*2-6,8-9H,10-11H2,1H3;;;;/q4*-1;;;;. The minimum Gasteiger partial charge on any atom is -0.487 e. The zero-order valence-corrected chi connectivity index (χ0v) is 52.1. The van der Waals surface area contributed by atoms with Crippen LogP contribution in [-0.2, 0) is 145 Å². The molecule has 1 aliphatic rings. The van der Waals surface area contributed by atoms with Crippen LogP contribution in [0.25, 0.3) is 0 Å². The number of benzene rings is 5. The van der Waals surface area contributed by atoms with Crippen LogP contribution in [0.1, 0.15) is 99.9 Å². The van der Waals surface area contributed by atoms with Crippen molar-refractivity contribution in [1.82, 2.24) is 19.9 Å². The Labute approximate surface area is 516 Å². The van der Waals surface area contributed by atoms with Crippen molar-refractivity contribution in [2.75, 3.05) is 14.2 Å². The number of ether oxygens (including phenoxy) is 4. The van der Waals surface area contributed by atoms with E-state index in [-0.39, 0.29) is 79.2 Å². The first-order valence-corrected chi connectivity index (χ1v) is 25.5. The molecule has 0 saturated heterocycles. The molecule has 0 unspecified atom stereocenters. The van der Waals surface area contributed by atoms with Crippen LogP contribution >= 0.6 is 0 Å². The maximum atomic E-state index is 6.00. The van der Waals surface area contributed by atoms with Crippen LogP contribution < -0.4 is 4.74 Å². The van der Waals surface area contributed by atoms with Gasteiger partial charge in [0.05, 0.1) is 48.7 Å². The molecule has 1 aliphatic carbocycles. The fourth-order valence-electron chi connectivity index (χ4n) is 8.18. The molecule has 4 heterocycles. The smallest absolute Gasteiger partial charge is 0.130 e. The Bertz CT molecular complexity index is 2840. The van der Waals surface area contributed by atoms with Crippen molar-refractivity contribution < 1.29 is 98.1 Å². The second-order valence-corrected chi connectivity index (χ2v) is 17.8. The predicted molar refractivity (Wildman–Crippen MR) is 293 cm³/mol. The van der Waals surface area contributed by atoms with Gasteiger partial charge in [0.15, 0.2) is 0 Å². The largest absolute Gasteiger partial charge is 0.487 e. The van der Waals surface area contributed by atoms with E-state index >= 15 is 0 Å². The molecule has 0 N–H and O–H groups in total. The summed E-state index contributed by atoms with van der Waals surface area (Å²) in [6, 6.07) is 79.0. The van der Waals surface area contributed by atoms with Crippen LogP contribution in [0, 0.1) is 24.3 Å². The van der Waals surface area contributed by atoms with Gasteiger partial charge in [-0.25, -0.2) is 0 Å². The van der Waals surface area contributed by atoms with Crippen LogP contribution in [0.15, 0.2) is 200 Å². The second-order valence-electron chi connectivity index (χ2n) is 17.8. The quantitative estimate of drug-likeness (QED) is 0.0620. The summed E-state index contributed by atoms with van der Waals surface area (Å²) < 4.78 is 21.9. The SMILES string of the molecule is COCc1cccc(Cc2[c-]cccc2)n1.COCc1cccc(Cc2[c-]cccc2)n1.[Ir].[Ir].[Rh].[Rh].[c-]1ccccc1Cc1cccc(COC2CCCCC2)n1.[c-]1ccccc1Cc1cccc(COc2ccccc2)n1. The number of para-hydroxylation sites is 1. The molecule has 0 bridgehead atoms. The van der Waals surface area contributed by atoms with Gasteiger partial charge in [-0.15, -0.1) is 0 Å². The van der Waals surface area contributed by atoms with Crippen molar-refractivity contribution in [3.8, 4) is 5.75 Å². The number of aromatic nitrogens is 4. The molecular weight excluding hydrogens is 1500 g/mol. The molecule has 9 aromatic rings. The van der Waals surface area contributed by atoms with E-state index in [0.29, 0.717) is 32.5 Å². The Morgan fingerprint density at radius 1 is 0.359 bits per heavy atom. The van der Waals surface area contributed by atoms with Crippen LogP contribution in [0.5, 0.6) is 5.75 Å².